The number of anilines is 1. The van der Waals surface area contributed by atoms with Gasteiger partial charge in [-0.3, -0.25) is 4.79 Å². The summed E-state index contributed by atoms with van der Waals surface area (Å²) in [5.41, 5.74) is 8.08. The molecular weight excluding hydrogens is 366 g/mol. The summed E-state index contributed by atoms with van der Waals surface area (Å²) in [6.45, 7) is 0. The smallest absolute Gasteiger partial charge is 0.242 e. The Kier molecular flexibility index (Phi) is 4.78. The number of hydrazine groups is 1. The zero-order valence-electron chi connectivity index (χ0n) is 11.6. The van der Waals surface area contributed by atoms with E-state index in [2.05, 4.69) is 32.1 Å². The van der Waals surface area contributed by atoms with Crippen LogP contribution in [-0.4, -0.2) is 11.9 Å². The minimum absolute atomic E-state index is 0.0594. The van der Waals surface area contributed by atoms with Crippen molar-refractivity contribution < 1.29 is 4.79 Å². The first-order valence-corrected chi connectivity index (χ1v) is 8.12. The third-order valence-corrected chi connectivity index (χ3v) is 4.57. The predicted molar refractivity (Wildman–Crippen MR) is 91.6 cm³/mol. The molecule has 2 atom stereocenters. The first-order chi connectivity index (χ1) is 10.6. The fourth-order valence-electron chi connectivity index (χ4n) is 2.42. The van der Waals surface area contributed by atoms with Crippen LogP contribution in [0, 0.1) is 0 Å². The normalized spacial score (nSPS) is 20.8. The first kappa shape index (κ1) is 15.5. The van der Waals surface area contributed by atoms with Crippen LogP contribution in [0.2, 0.25) is 5.02 Å². The maximum atomic E-state index is 12.3. The molecule has 0 saturated carbocycles. The van der Waals surface area contributed by atoms with Gasteiger partial charge in [0, 0.05) is 15.5 Å². The van der Waals surface area contributed by atoms with Gasteiger partial charge in [0.05, 0.1) is 5.69 Å². The van der Waals surface area contributed by atoms with Gasteiger partial charge in [0.1, 0.15) is 6.04 Å². The van der Waals surface area contributed by atoms with E-state index in [1.165, 1.54) is 0 Å². The molecule has 0 radical (unpaired) electrons. The summed E-state index contributed by atoms with van der Waals surface area (Å²) in [6.07, 6.45) is 0.678. The van der Waals surface area contributed by atoms with Crippen molar-refractivity contribution in [3.05, 3.63) is 63.6 Å². The van der Waals surface area contributed by atoms with Gasteiger partial charge < -0.3 is 5.32 Å². The molecule has 0 bridgehead atoms. The van der Waals surface area contributed by atoms with Gasteiger partial charge >= 0.3 is 0 Å². The summed E-state index contributed by atoms with van der Waals surface area (Å²) in [5.74, 6) is -0.0594. The summed E-state index contributed by atoms with van der Waals surface area (Å²) >= 11 is 9.32. The average Bonchev–Trinajstić information content (AvgIpc) is 3.00. The van der Waals surface area contributed by atoms with Crippen LogP contribution < -0.4 is 16.2 Å². The highest BCUT2D eigenvalue weighted by molar-refractivity contribution is 9.10. The van der Waals surface area contributed by atoms with Gasteiger partial charge in [0.25, 0.3) is 0 Å². The number of halogens is 2. The van der Waals surface area contributed by atoms with Crippen LogP contribution in [0.3, 0.4) is 0 Å². The Morgan fingerprint density at radius 1 is 1.14 bits per heavy atom. The van der Waals surface area contributed by atoms with Gasteiger partial charge in [-0.2, -0.15) is 0 Å². The molecule has 3 N–H and O–H groups in total. The zero-order valence-corrected chi connectivity index (χ0v) is 14.0. The highest BCUT2D eigenvalue weighted by Gasteiger charge is 2.30. The second-order valence-electron chi connectivity index (χ2n) is 5.15. The van der Waals surface area contributed by atoms with Crippen molar-refractivity contribution in [1.82, 2.24) is 10.9 Å². The Balaban J connectivity index is 1.64. The van der Waals surface area contributed by atoms with Crippen molar-refractivity contribution in [1.29, 1.82) is 0 Å². The molecule has 0 spiro atoms. The van der Waals surface area contributed by atoms with Crippen LogP contribution in [0.5, 0.6) is 0 Å². The lowest BCUT2D eigenvalue weighted by Gasteiger charge is -2.12. The molecule has 2 aromatic rings. The molecule has 6 heteroatoms. The lowest BCUT2D eigenvalue weighted by molar-refractivity contribution is -0.117. The molecule has 1 aliphatic rings. The molecule has 2 unspecified atom stereocenters. The lowest BCUT2D eigenvalue weighted by atomic mass is 10.0. The van der Waals surface area contributed by atoms with Gasteiger partial charge in [-0.15, -0.1) is 0 Å². The highest BCUT2D eigenvalue weighted by Crippen LogP contribution is 2.25. The van der Waals surface area contributed by atoms with E-state index in [1.807, 2.05) is 48.5 Å². The van der Waals surface area contributed by atoms with Crippen LogP contribution in [0.15, 0.2) is 53.0 Å². The molecule has 114 valence electrons. The Bertz CT molecular complexity index is 677. The summed E-state index contributed by atoms with van der Waals surface area (Å²) in [7, 11) is 0. The number of carbonyl (C=O) groups is 1. The standard InChI is InChI=1S/C16H15BrClN3O/c17-12-3-1-2-4-13(12)19-16(22)15-9-14(20-21-15)10-5-7-11(18)8-6-10/h1-8,14-15,20-21H,9H2,(H,19,22). The Labute approximate surface area is 142 Å². The van der Waals surface area contributed by atoms with Gasteiger partial charge in [-0.1, -0.05) is 35.9 Å². The SMILES string of the molecule is O=C(Nc1ccccc1Br)C1CC(c2ccc(Cl)cc2)NN1. The van der Waals surface area contributed by atoms with Gasteiger partial charge in [0.15, 0.2) is 0 Å². The number of nitrogens with one attached hydrogen (secondary N) is 3. The number of benzene rings is 2. The van der Waals surface area contributed by atoms with Gasteiger partial charge in [-0.25, -0.2) is 10.9 Å². The van der Waals surface area contributed by atoms with E-state index in [-0.39, 0.29) is 18.0 Å². The Morgan fingerprint density at radius 3 is 2.59 bits per heavy atom. The van der Waals surface area contributed by atoms with E-state index in [1.54, 1.807) is 0 Å². The maximum absolute atomic E-state index is 12.3. The number of hydrogen-bond acceptors (Lipinski definition) is 3. The molecule has 22 heavy (non-hydrogen) atoms. The van der Waals surface area contributed by atoms with Crippen LogP contribution in [0.1, 0.15) is 18.0 Å². The van der Waals surface area contributed by atoms with Crippen LogP contribution in [0.25, 0.3) is 0 Å². The third-order valence-electron chi connectivity index (χ3n) is 3.62. The summed E-state index contributed by atoms with van der Waals surface area (Å²) in [5, 5.41) is 3.63. The van der Waals surface area contributed by atoms with Gasteiger partial charge in [-0.05, 0) is 52.2 Å². The molecule has 3 rings (SSSR count). The highest BCUT2D eigenvalue weighted by atomic mass is 79.9. The fourth-order valence-corrected chi connectivity index (χ4v) is 2.93. The van der Waals surface area contributed by atoms with E-state index in [4.69, 9.17) is 11.6 Å². The topological polar surface area (TPSA) is 53.2 Å². The van der Waals surface area contributed by atoms with Crippen molar-refractivity contribution in [3.8, 4) is 0 Å². The minimum atomic E-state index is -0.284. The van der Waals surface area contributed by atoms with Crippen molar-refractivity contribution >= 4 is 39.1 Å². The van der Waals surface area contributed by atoms with E-state index in [0.717, 1.165) is 15.7 Å². The van der Waals surface area contributed by atoms with Crippen LogP contribution >= 0.6 is 27.5 Å². The van der Waals surface area contributed by atoms with Gasteiger partial charge in [0.2, 0.25) is 5.91 Å². The third kappa shape index (κ3) is 3.50. The monoisotopic (exact) mass is 379 g/mol. The van der Waals surface area contributed by atoms with Crippen molar-refractivity contribution in [2.75, 3.05) is 5.32 Å². The second-order valence-corrected chi connectivity index (χ2v) is 6.44. The Morgan fingerprint density at radius 2 is 1.86 bits per heavy atom. The molecule has 2 aromatic carbocycles. The Hall–Kier alpha value is -1.40. The minimum Gasteiger partial charge on any atom is -0.324 e. The second kappa shape index (κ2) is 6.79. The van der Waals surface area contributed by atoms with E-state index >= 15 is 0 Å². The molecule has 1 aliphatic heterocycles. The number of para-hydroxylation sites is 1. The summed E-state index contributed by atoms with van der Waals surface area (Å²) in [4.78, 5) is 12.3. The molecule has 1 amide bonds. The number of rotatable bonds is 3. The van der Waals surface area contributed by atoms with Crippen LogP contribution in [0.4, 0.5) is 5.69 Å². The van der Waals surface area contributed by atoms with Crippen molar-refractivity contribution in [3.63, 3.8) is 0 Å². The molecule has 0 aliphatic carbocycles. The lowest BCUT2D eigenvalue weighted by Crippen LogP contribution is -2.39. The predicted octanol–water partition coefficient (Wildman–Crippen LogP) is 3.65. The molecule has 1 heterocycles. The fraction of sp³-hybridized carbons (Fsp3) is 0.188. The number of hydrogen-bond donors (Lipinski definition) is 3. The van der Waals surface area contributed by atoms with E-state index in [0.29, 0.717) is 11.4 Å². The summed E-state index contributed by atoms with van der Waals surface area (Å²) in [6, 6.07) is 15.0. The summed E-state index contributed by atoms with van der Waals surface area (Å²) < 4.78 is 0.864. The average molecular weight is 381 g/mol. The maximum Gasteiger partial charge on any atom is 0.242 e. The quantitative estimate of drug-likeness (QED) is 0.762. The van der Waals surface area contributed by atoms with E-state index < -0.39 is 0 Å². The van der Waals surface area contributed by atoms with Crippen molar-refractivity contribution in [2.45, 2.75) is 18.5 Å². The zero-order chi connectivity index (χ0) is 15.5. The molecule has 0 aromatic heterocycles. The number of amides is 1. The largest absolute Gasteiger partial charge is 0.324 e. The number of carbonyl (C=O) groups excluding carboxylic acids is 1. The molecule has 4 nitrogen and oxygen atoms in total. The molecule has 1 fully saturated rings. The first-order valence-electron chi connectivity index (χ1n) is 6.95. The van der Waals surface area contributed by atoms with Crippen molar-refractivity contribution in [2.24, 2.45) is 0 Å². The van der Waals surface area contributed by atoms with E-state index in [9.17, 15) is 4.79 Å². The molecule has 1 saturated heterocycles. The van der Waals surface area contributed by atoms with Crippen LogP contribution in [-0.2, 0) is 4.79 Å². The molecular formula is C16H15BrClN3O.